The minimum atomic E-state index is -5.08. The first kappa shape index (κ1) is 30.1. The smallest absolute Gasteiger partial charge is 0.475 e. The Hall–Kier alpha value is -3.97. The fraction of sp³-hybridized carbons (Fsp3) is 0.304. The van der Waals surface area contributed by atoms with Crippen LogP contribution >= 0.6 is 0 Å². The van der Waals surface area contributed by atoms with E-state index in [4.69, 9.17) is 20.4 Å². The molecule has 0 aliphatic rings. The third-order valence-electron chi connectivity index (χ3n) is 4.37. The molecule has 0 spiro atoms. The van der Waals surface area contributed by atoms with Gasteiger partial charge in [-0.2, -0.15) is 13.2 Å². The van der Waals surface area contributed by atoms with E-state index in [0.717, 1.165) is 11.1 Å². The summed E-state index contributed by atoms with van der Waals surface area (Å²) in [7, 11) is 0. The van der Waals surface area contributed by atoms with Crippen molar-refractivity contribution in [1.82, 2.24) is 10.6 Å². The molecule has 0 bridgehead atoms. The topological polar surface area (TPSA) is 168 Å². The maximum absolute atomic E-state index is 12.7. The van der Waals surface area contributed by atoms with Crippen molar-refractivity contribution in [2.24, 2.45) is 5.73 Å². The first-order valence-corrected chi connectivity index (χ1v) is 10.4. The highest BCUT2D eigenvalue weighted by molar-refractivity contribution is 5.91. The van der Waals surface area contributed by atoms with Gasteiger partial charge in [-0.1, -0.05) is 60.7 Å². The van der Waals surface area contributed by atoms with Gasteiger partial charge < -0.3 is 31.3 Å². The lowest BCUT2D eigenvalue weighted by atomic mass is 10.0. The number of benzene rings is 2. The lowest BCUT2D eigenvalue weighted by molar-refractivity contribution is -0.192. The normalized spacial score (nSPS) is 12.2. The molecule has 2 atom stereocenters. The number of aliphatic carboxylic acids is 1. The maximum atomic E-state index is 12.7. The number of aliphatic hydroxyl groups is 1. The fourth-order valence-electron chi connectivity index (χ4n) is 2.59. The Kier molecular flexibility index (Phi) is 12.6. The number of halogens is 3. The molecular formula is C23H26F3N3O7. The molecule has 2 amide bonds. The summed E-state index contributed by atoms with van der Waals surface area (Å²) in [6.07, 6.45) is -4.88. The molecule has 0 heterocycles. The van der Waals surface area contributed by atoms with Crippen molar-refractivity contribution in [1.29, 1.82) is 0 Å². The molecule has 2 aromatic rings. The van der Waals surface area contributed by atoms with E-state index in [1.165, 1.54) is 0 Å². The van der Waals surface area contributed by atoms with E-state index in [0.29, 0.717) is 0 Å². The van der Waals surface area contributed by atoms with Crippen molar-refractivity contribution in [2.45, 2.75) is 31.3 Å². The molecule has 6 N–H and O–H groups in total. The van der Waals surface area contributed by atoms with Crippen LogP contribution in [0.5, 0.6) is 0 Å². The standard InChI is InChI=1S/C21H25N3O5.C2HF3O2/c22-12-19(26)23-17(11-15-7-3-1-4-8-15)20(27)24-18(13-25)21(28)29-14-16-9-5-2-6-10-16;3-2(4,5)1(6)7/h1-10,17-18,25H,11-14,22H2,(H,23,26)(H,24,27);(H,6,7). The Labute approximate surface area is 204 Å². The van der Waals surface area contributed by atoms with Crippen LogP contribution in [0.2, 0.25) is 0 Å². The molecule has 10 nitrogen and oxygen atoms in total. The molecule has 0 aliphatic heterocycles. The highest BCUT2D eigenvalue weighted by Crippen LogP contribution is 2.13. The summed E-state index contributed by atoms with van der Waals surface area (Å²) in [4.78, 5) is 45.5. The lowest BCUT2D eigenvalue weighted by Crippen LogP contribution is -2.54. The van der Waals surface area contributed by atoms with Gasteiger partial charge in [0.2, 0.25) is 11.8 Å². The first-order valence-electron chi connectivity index (χ1n) is 10.4. The van der Waals surface area contributed by atoms with Crippen molar-refractivity contribution in [3.05, 3.63) is 71.8 Å². The quantitative estimate of drug-likeness (QED) is 0.287. The van der Waals surface area contributed by atoms with Gasteiger partial charge in [0.15, 0.2) is 6.04 Å². The molecule has 2 unspecified atom stereocenters. The van der Waals surface area contributed by atoms with Gasteiger partial charge in [-0.05, 0) is 11.1 Å². The Balaban J connectivity index is 0.000000809. The second-order valence-electron chi connectivity index (χ2n) is 7.15. The minimum Gasteiger partial charge on any atom is -0.475 e. The molecule has 13 heteroatoms. The number of esters is 1. The Bertz CT molecular complexity index is 989. The van der Waals surface area contributed by atoms with Gasteiger partial charge in [0.1, 0.15) is 12.6 Å². The zero-order chi connectivity index (χ0) is 27.1. The zero-order valence-electron chi connectivity index (χ0n) is 18.9. The number of nitrogens with one attached hydrogen (secondary N) is 2. The van der Waals surface area contributed by atoms with Gasteiger partial charge in [-0.25, -0.2) is 9.59 Å². The fourth-order valence-corrected chi connectivity index (χ4v) is 2.59. The largest absolute Gasteiger partial charge is 0.490 e. The summed E-state index contributed by atoms with van der Waals surface area (Å²) < 4.78 is 36.9. The molecule has 2 aromatic carbocycles. The average molecular weight is 513 g/mol. The van der Waals surface area contributed by atoms with Crippen molar-refractivity contribution >= 4 is 23.8 Å². The van der Waals surface area contributed by atoms with Crippen molar-refractivity contribution in [3.8, 4) is 0 Å². The second-order valence-corrected chi connectivity index (χ2v) is 7.15. The Morgan fingerprint density at radius 1 is 0.889 bits per heavy atom. The van der Waals surface area contributed by atoms with Gasteiger partial charge in [0.25, 0.3) is 0 Å². The number of rotatable bonds is 10. The SMILES string of the molecule is NCC(=O)NC(Cc1ccccc1)C(=O)NC(CO)C(=O)OCc1ccccc1.O=C(O)C(F)(F)F. The molecule has 2 rings (SSSR count). The van der Waals surface area contributed by atoms with Gasteiger partial charge in [-0.15, -0.1) is 0 Å². The second kappa shape index (κ2) is 15.1. The van der Waals surface area contributed by atoms with Crippen LogP contribution in [-0.4, -0.2) is 65.4 Å². The number of amides is 2. The van der Waals surface area contributed by atoms with E-state index in [1.54, 1.807) is 12.1 Å². The van der Waals surface area contributed by atoms with Crippen molar-refractivity contribution < 1.29 is 47.3 Å². The summed E-state index contributed by atoms with van der Waals surface area (Å²) >= 11 is 0. The van der Waals surface area contributed by atoms with E-state index >= 15 is 0 Å². The Morgan fingerprint density at radius 2 is 1.39 bits per heavy atom. The highest BCUT2D eigenvalue weighted by atomic mass is 19.4. The van der Waals surface area contributed by atoms with Crippen LogP contribution in [0.25, 0.3) is 0 Å². The molecule has 0 radical (unpaired) electrons. The Morgan fingerprint density at radius 3 is 1.83 bits per heavy atom. The number of hydrogen-bond acceptors (Lipinski definition) is 7. The zero-order valence-corrected chi connectivity index (χ0v) is 18.9. The molecule has 36 heavy (non-hydrogen) atoms. The number of ether oxygens (including phenoxy) is 1. The third kappa shape index (κ3) is 11.4. The molecule has 0 saturated carbocycles. The van der Waals surface area contributed by atoms with Gasteiger partial charge in [0.05, 0.1) is 13.2 Å². The molecular weight excluding hydrogens is 487 g/mol. The van der Waals surface area contributed by atoms with Crippen LogP contribution in [0.1, 0.15) is 11.1 Å². The number of carbonyl (C=O) groups is 4. The van der Waals surface area contributed by atoms with E-state index in [9.17, 15) is 32.7 Å². The van der Waals surface area contributed by atoms with E-state index in [-0.39, 0.29) is 19.6 Å². The predicted molar refractivity (Wildman–Crippen MR) is 120 cm³/mol. The van der Waals surface area contributed by atoms with Gasteiger partial charge in [0, 0.05) is 6.42 Å². The van der Waals surface area contributed by atoms with Crippen molar-refractivity contribution in [2.75, 3.05) is 13.2 Å². The molecule has 0 aromatic heterocycles. The number of alkyl halides is 3. The first-order chi connectivity index (χ1) is 17.0. The molecule has 0 fully saturated rings. The molecule has 0 saturated heterocycles. The number of carboxylic acid groups (broad SMARTS) is 1. The maximum Gasteiger partial charge on any atom is 0.490 e. The predicted octanol–water partition coefficient (Wildman–Crippen LogP) is 0.526. The average Bonchev–Trinajstić information content (AvgIpc) is 2.86. The van der Waals surface area contributed by atoms with E-state index in [2.05, 4.69) is 10.6 Å². The summed E-state index contributed by atoms with van der Waals surface area (Å²) in [6, 6.07) is 15.9. The molecule has 196 valence electrons. The van der Waals surface area contributed by atoms with Crippen LogP contribution in [0.15, 0.2) is 60.7 Å². The summed E-state index contributed by atoms with van der Waals surface area (Å²) in [5.74, 6) is -4.65. The summed E-state index contributed by atoms with van der Waals surface area (Å²) in [5.41, 5.74) is 6.92. The number of aliphatic hydroxyl groups excluding tert-OH is 1. The van der Waals surface area contributed by atoms with E-state index in [1.807, 2.05) is 48.5 Å². The lowest BCUT2D eigenvalue weighted by Gasteiger charge is -2.21. The van der Waals surface area contributed by atoms with Crippen LogP contribution in [-0.2, 0) is 36.9 Å². The highest BCUT2D eigenvalue weighted by Gasteiger charge is 2.38. The number of carbonyl (C=O) groups excluding carboxylic acids is 3. The van der Waals surface area contributed by atoms with Crippen LogP contribution in [0.4, 0.5) is 13.2 Å². The van der Waals surface area contributed by atoms with Crippen LogP contribution < -0.4 is 16.4 Å². The summed E-state index contributed by atoms with van der Waals surface area (Å²) in [6.45, 7) is -0.896. The van der Waals surface area contributed by atoms with Crippen LogP contribution in [0.3, 0.4) is 0 Å². The summed E-state index contributed by atoms with van der Waals surface area (Å²) in [5, 5.41) is 21.6. The van der Waals surface area contributed by atoms with E-state index < -0.39 is 48.6 Å². The molecule has 0 aliphatic carbocycles. The van der Waals surface area contributed by atoms with Crippen molar-refractivity contribution in [3.63, 3.8) is 0 Å². The van der Waals surface area contributed by atoms with Crippen LogP contribution in [0, 0.1) is 0 Å². The number of hydrogen-bond donors (Lipinski definition) is 5. The van der Waals surface area contributed by atoms with Gasteiger partial charge in [-0.3, -0.25) is 9.59 Å². The number of nitrogens with two attached hydrogens (primary N) is 1. The monoisotopic (exact) mass is 513 g/mol. The minimum absolute atomic E-state index is 0.0173. The third-order valence-corrected chi connectivity index (χ3v) is 4.37. The number of carboxylic acids is 1. The van der Waals surface area contributed by atoms with Gasteiger partial charge >= 0.3 is 18.1 Å².